The van der Waals surface area contributed by atoms with E-state index in [-0.39, 0.29) is 0 Å². The Morgan fingerprint density at radius 1 is 0.565 bits per heavy atom. The molecule has 4 heteroatoms. The number of hydrogen-bond donors (Lipinski definition) is 1. The van der Waals surface area contributed by atoms with Crippen molar-refractivity contribution in [2.24, 2.45) is 0 Å². The van der Waals surface area contributed by atoms with Gasteiger partial charge in [0, 0.05) is 27.8 Å². The summed E-state index contributed by atoms with van der Waals surface area (Å²) in [6, 6.07) is 54.3. The molecular weight excluding hydrogens is 753 g/mol. The van der Waals surface area contributed by atoms with E-state index in [0.717, 1.165) is 68.5 Å². The van der Waals surface area contributed by atoms with Gasteiger partial charge in [-0.1, -0.05) is 169 Å². The number of nitrogens with one attached hydrogen (secondary N) is 1. The largest absolute Gasteiger partial charge is 0.300 e. The molecule has 0 bridgehead atoms. The Hall–Kier alpha value is -8.00. The minimum Gasteiger partial charge on any atom is -0.300 e. The van der Waals surface area contributed by atoms with Gasteiger partial charge in [-0.3, -0.25) is 0 Å². The van der Waals surface area contributed by atoms with Gasteiger partial charge >= 0.3 is 0 Å². The fourth-order valence-corrected chi connectivity index (χ4v) is 8.20. The SMILES string of the molecule is Cc1ccc(-c2nc(-c3ccc(C)cc3)nc(-c3cc(-c4c#cc(-c5cc6ccccc6c6c5CCC=C6)cc4)cc(-c4ccc(/C=C/C=C5/C=CC=CC5=N)cc4)c3)n2)cc1. The molecule has 2 aliphatic rings. The summed E-state index contributed by atoms with van der Waals surface area (Å²) in [7, 11) is 0. The topological polar surface area (TPSA) is 62.5 Å². The van der Waals surface area contributed by atoms with Crippen molar-refractivity contribution in [3.8, 4) is 67.5 Å². The maximum atomic E-state index is 8.19. The van der Waals surface area contributed by atoms with Gasteiger partial charge < -0.3 is 5.41 Å². The van der Waals surface area contributed by atoms with Gasteiger partial charge in [0.25, 0.3) is 0 Å². The molecule has 10 rings (SSSR count). The highest BCUT2D eigenvalue weighted by Crippen LogP contribution is 2.38. The first kappa shape index (κ1) is 38.2. The number of aromatic nitrogens is 3. The van der Waals surface area contributed by atoms with Crippen molar-refractivity contribution in [2.75, 3.05) is 0 Å². The predicted molar refractivity (Wildman–Crippen MR) is 258 cm³/mol. The molecule has 0 aliphatic heterocycles. The molecule has 1 N–H and O–H groups in total. The van der Waals surface area contributed by atoms with E-state index < -0.39 is 0 Å². The molecule has 4 nitrogen and oxygen atoms in total. The third kappa shape index (κ3) is 7.88. The summed E-state index contributed by atoms with van der Waals surface area (Å²) >= 11 is 0. The average molecular weight is 795 g/mol. The zero-order valence-corrected chi connectivity index (χ0v) is 34.7. The first-order valence-corrected chi connectivity index (χ1v) is 21.1. The maximum absolute atomic E-state index is 8.19. The minimum atomic E-state index is 0.507. The van der Waals surface area contributed by atoms with Gasteiger partial charge in [-0.25, -0.2) is 15.0 Å². The second kappa shape index (κ2) is 16.6. The molecule has 1 aromatic heterocycles. The summed E-state index contributed by atoms with van der Waals surface area (Å²) in [4.78, 5) is 15.3. The number of hydrogen-bond acceptors (Lipinski definition) is 4. The number of aryl methyl sites for hydroxylation is 2. The summed E-state index contributed by atoms with van der Waals surface area (Å²) in [5.74, 6) is 1.84. The Morgan fingerprint density at radius 2 is 1.18 bits per heavy atom. The van der Waals surface area contributed by atoms with Crippen molar-refractivity contribution in [3.63, 3.8) is 0 Å². The van der Waals surface area contributed by atoms with Crippen molar-refractivity contribution in [3.05, 3.63) is 222 Å². The lowest BCUT2D eigenvalue weighted by molar-refractivity contribution is 0.992. The molecule has 0 unspecified atom stereocenters. The quantitative estimate of drug-likeness (QED) is 0.167. The fraction of sp³-hybridized carbons (Fsp3) is 0.0690. The summed E-state index contributed by atoms with van der Waals surface area (Å²) < 4.78 is 0. The van der Waals surface area contributed by atoms with E-state index in [4.69, 9.17) is 20.4 Å². The highest BCUT2D eigenvalue weighted by molar-refractivity contribution is 6.09. The monoisotopic (exact) mass is 794 g/mol. The Kier molecular flexibility index (Phi) is 10.2. The van der Waals surface area contributed by atoms with Gasteiger partial charge in [-0.15, -0.1) is 0 Å². The molecule has 0 spiro atoms. The molecular formula is C58H42N4. The van der Waals surface area contributed by atoms with E-state index in [2.05, 4.69) is 178 Å². The Balaban J connectivity index is 1.08. The standard InChI is InChI=1S/C58H42N4/c1-38-18-24-45(25-19-38)56-60-57(46-26-20-39(2)21-27-46)62-58(61-56)50-35-48(41-28-22-40(23-29-41)10-9-13-44-11-4-8-17-55(44)59)34-49(36-50)42-30-32-43(33-31-42)54-37-47-12-3-5-14-51(47)52-15-6-7-16-53(52)54/h3-6,8-15,17-30,32,34-37,59H,7,16H2,1-2H3/b10-9+,44-13-,59-55?. The molecule has 0 atom stereocenters. The third-order valence-electron chi connectivity index (χ3n) is 11.6. The highest BCUT2D eigenvalue weighted by Gasteiger charge is 2.18. The summed E-state index contributed by atoms with van der Waals surface area (Å²) in [6.45, 7) is 4.17. The van der Waals surface area contributed by atoms with E-state index in [1.807, 2.05) is 30.4 Å². The lowest BCUT2D eigenvalue weighted by Gasteiger charge is -2.18. The van der Waals surface area contributed by atoms with E-state index in [1.165, 1.54) is 38.6 Å². The Bertz CT molecular complexity index is 3100. The van der Waals surface area contributed by atoms with E-state index in [1.54, 1.807) is 6.08 Å². The molecule has 1 heterocycles. The number of nitrogens with zero attached hydrogens (tertiary/aromatic N) is 3. The molecule has 0 fully saturated rings. The number of benzene rings is 6. The van der Waals surface area contributed by atoms with Crippen molar-refractivity contribution >= 4 is 28.6 Å². The third-order valence-corrected chi connectivity index (χ3v) is 11.6. The van der Waals surface area contributed by atoms with Crippen LogP contribution >= 0.6 is 0 Å². The smallest absolute Gasteiger partial charge is 0.164 e. The zero-order chi connectivity index (χ0) is 42.0. The van der Waals surface area contributed by atoms with Crippen LogP contribution in [0.2, 0.25) is 0 Å². The molecule has 0 amide bonds. The number of allylic oxidation sites excluding steroid dienone is 8. The number of rotatable bonds is 8. The molecule has 62 heavy (non-hydrogen) atoms. The molecule has 0 radical (unpaired) electrons. The molecule has 2 aliphatic carbocycles. The van der Waals surface area contributed by atoms with Crippen LogP contribution in [0.15, 0.2) is 182 Å². The Morgan fingerprint density at radius 3 is 1.87 bits per heavy atom. The minimum absolute atomic E-state index is 0.507. The van der Waals surface area contributed by atoms with Crippen molar-refractivity contribution in [1.82, 2.24) is 15.0 Å². The Labute approximate surface area is 363 Å². The van der Waals surface area contributed by atoms with Crippen LogP contribution in [0, 0.1) is 31.4 Å². The van der Waals surface area contributed by atoms with Gasteiger partial charge in [-0.2, -0.15) is 0 Å². The highest BCUT2D eigenvalue weighted by atomic mass is 15.0. The zero-order valence-electron chi connectivity index (χ0n) is 34.7. The van der Waals surface area contributed by atoms with Gasteiger partial charge in [-0.05, 0) is 124 Å². The van der Waals surface area contributed by atoms with Gasteiger partial charge in [0.05, 0.1) is 5.71 Å². The molecule has 7 aromatic carbocycles. The maximum Gasteiger partial charge on any atom is 0.164 e. The van der Waals surface area contributed by atoms with Gasteiger partial charge in [0.1, 0.15) is 0 Å². The van der Waals surface area contributed by atoms with Crippen LogP contribution in [0.3, 0.4) is 0 Å². The first-order chi connectivity index (χ1) is 30.4. The van der Waals surface area contributed by atoms with Crippen molar-refractivity contribution in [1.29, 1.82) is 5.41 Å². The molecule has 294 valence electrons. The van der Waals surface area contributed by atoms with Crippen LogP contribution in [0.5, 0.6) is 0 Å². The van der Waals surface area contributed by atoms with E-state index in [0.29, 0.717) is 23.2 Å². The van der Waals surface area contributed by atoms with Gasteiger partial charge in [0.15, 0.2) is 17.5 Å². The van der Waals surface area contributed by atoms with Crippen LogP contribution in [0.4, 0.5) is 0 Å². The summed E-state index contributed by atoms with van der Waals surface area (Å²) in [5.41, 5.74) is 16.5. The molecule has 8 aromatic rings. The van der Waals surface area contributed by atoms with E-state index in [9.17, 15) is 0 Å². The van der Waals surface area contributed by atoms with E-state index >= 15 is 0 Å². The van der Waals surface area contributed by atoms with Crippen LogP contribution in [-0.4, -0.2) is 20.7 Å². The lowest BCUT2D eigenvalue weighted by atomic mass is 9.86. The normalized spacial score (nSPS) is 13.8. The van der Waals surface area contributed by atoms with Crippen molar-refractivity contribution < 1.29 is 0 Å². The fourth-order valence-electron chi connectivity index (χ4n) is 8.20. The second-order valence-electron chi connectivity index (χ2n) is 16.0. The second-order valence-corrected chi connectivity index (χ2v) is 16.0. The number of fused-ring (bicyclic) bond motifs is 3. The van der Waals surface area contributed by atoms with Gasteiger partial charge in [0.2, 0.25) is 0 Å². The van der Waals surface area contributed by atoms with Crippen LogP contribution in [-0.2, 0) is 6.42 Å². The molecule has 0 saturated carbocycles. The summed E-state index contributed by atoms with van der Waals surface area (Å²) in [6.07, 6.45) is 20.2. The summed E-state index contributed by atoms with van der Waals surface area (Å²) in [5, 5.41) is 10.7. The molecule has 0 saturated heterocycles. The van der Waals surface area contributed by atoms with Crippen LogP contribution < -0.4 is 0 Å². The van der Waals surface area contributed by atoms with Crippen LogP contribution in [0.1, 0.15) is 34.2 Å². The van der Waals surface area contributed by atoms with Crippen molar-refractivity contribution in [2.45, 2.75) is 26.7 Å². The lowest BCUT2D eigenvalue weighted by Crippen LogP contribution is -2.00. The predicted octanol–water partition coefficient (Wildman–Crippen LogP) is 14.3. The average Bonchev–Trinajstić information content (AvgIpc) is 3.32. The first-order valence-electron chi connectivity index (χ1n) is 21.1. The van der Waals surface area contributed by atoms with Crippen LogP contribution in [0.25, 0.3) is 90.5 Å².